The smallest absolute Gasteiger partial charge is 0.303 e. The zero-order valence-electron chi connectivity index (χ0n) is 15.7. The first kappa shape index (κ1) is 25.8. The summed E-state index contributed by atoms with van der Waals surface area (Å²) in [6.45, 7) is 2.28. The van der Waals surface area contributed by atoms with Crippen molar-refractivity contribution in [3.63, 3.8) is 0 Å². The summed E-state index contributed by atoms with van der Waals surface area (Å²) in [4.78, 5) is 10.4. The molecule has 23 heavy (non-hydrogen) atoms. The maximum Gasteiger partial charge on any atom is 0.303 e. The van der Waals surface area contributed by atoms with Gasteiger partial charge in [0.2, 0.25) is 0 Å². The van der Waals surface area contributed by atoms with Gasteiger partial charge in [0.05, 0.1) is 0 Å². The van der Waals surface area contributed by atoms with Gasteiger partial charge in [-0.25, -0.2) is 0 Å². The molecule has 0 amide bonds. The quantitative estimate of drug-likeness (QED) is 0.249. The van der Waals surface area contributed by atoms with Crippen LogP contribution in [0.3, 0.4) is 0 Å². The van der Waals surface area contributed by atoms with Crippen LogP contribution in [0.5, 0.6) is 0 Å². The van der Waals surface area contributed by atoms with E-state index in [0.29, 0.717) is 6.42 Å². The topological polar surface area (TPSA) is 37.3 Å². The SMILES string of the molecule is CCCCCCCCCCCCCCCCCCCC(=O)O.[Y]. The van der Waals surface area contributed by atoms with Crippen LogP contribution in [0.25, 0.3) is 0 Å². The minimum absolute atomic E-state index is 0. The Morgan fingerprint density at radius 1 is 0.565 bits per heavy atom. The first-order chi connectivity index (χ1) is 10.8. The van der Waals surface area contributed by atoms with Gasteiger partial charge in [0.25, 0.3) is 0 Å². The minimum Gasteiger partial charge on any atom is -0.481 e. The third-order valence-electron chi connectivity index (χ3n) is 4.49. The Hall–Kier alpha value is 0.574. The van der Waals surface area contributed by atoms with Crippen LogP contribution in [0, 0.1) is 0 Å². The second-order valence-electron chi connectivity index (χ2n) is 6.80. The summed E-state index contributed by atoms with van der Waals surface area (Å²) < 4.78 is 0. The molecule has 135 valence electrons. The molecule has 0 aromatic carbocycles. The monoisotopic (exact) mass is 401 g/mol. The molecule has 0 bridgehead atoms. The Labute approximate surface area is 170 Å². The Bertz CT molecular complexity index is 232. The van der Waals surface area contributed by atoms with Gasteiger partial charge < -0.3 is 5.11 Å². The van der Waals surface area contributed by atoms with Gasteiger partial charge in [-0.05, 0) is 6.42 Å². The van der Waals surface area contributed by atoms with Crippen LogP contribution in [0.1, 0.15) is 122 Å². The van der Waals surface area contributed by atoms with E-state index in [9.17, 15) is 4.79 Å². The van der Waals surface area contributed by atoms with Crippen LogP contribution in [0.15, 0.2) is 0 Å². The maximum absolute atomic E-state index is 10.4. The molecule has 0 aliphatic carbocycles. The van der Waals surface area contributed by atoms with Crippen molar-refractivity contribution >= 4 is 5.97 Å². The van der Waals surface area contributed by atoms with Gasteiger partial charge in [-0.1, -0.05) is 110 Å². The minimum atomic E-state index is -0.652. The van der Waals surface area contributed by atoms with Crippen molar-refractivity contribution < 1.29 is 42.6 Å². The van der Waals surface area contributed by atoms with Crippen LogP contribution in [0.4, 0.5) is 0 Å². The second kappa shape index (κ2) is 22.6. The molecule has 0 rings (SSSR count). The Balaban J connectivity index is 0. The van der Waals surface area contributed by atoms with Crippen molar-refractivity contribution in [3.8, 4) is 0 Å². The predicted octanol–water partition coefficient (Wildman–Crippen LogP) is 7.11. The van der Waals surface area contributed by atoms with Gasteiger partial charge in [-0.3, -0.25) is 4.79 Å². The van der Waals surface area contributed by atoms with Crippen LogP contribution in [-0.2, 0) is 37.5 Å². The summed E-state index contributed by atoms with van der Waals surface area (Å²) in [5.74, 6) is -0.652. The number of rotatable bonds is 18. The van der Waals surface area contributed by atoms with Crippen molar-refractivity contribution in [2.75, 3.05) is 0 Å². The molecule has 0 heterocycles. The molecule has 2 nitrogen and oxygen atoms in total. The Morgan fingerprint density at radius 3 is 1.09 bits per heavy atom. The Morgan fingerprint density at radius 2 is 0.826 bits per heavy atom. The van der Waals surface area contributed by atoms with Crippen molar-refractivity contribution in [3.05, 3.63) is 0 Å². The molecule has 1 N–H and O–H groups in total. The average molecular weight is 401 g/mol. The molecule has 0 aliphatic rings. The molecule has 3 heteroatoms. The summed E-state index contributed by atoms with van der Waals surface area (Å²) in [7, 11) is 0. The number of carbonyl (C=O) groups is 1. The molecule has 0 fully saturated rings. The summed E-state index contributed by atoms with van der Waals surface area (Å²) in [6.07, 6.45) is 23.1. The number of hydrogen-bond acceptors (Lipinski definition) is 1. The van der Waals surface area contributed by atoms with E-state index in [2.05, 4.69) is 6.92 Å². The number of carboxylic acids is 1. The van der Waals surface area contributed by atoms with E-state index < -0.39 is 5.97 Å². The molecule has 0 saturated heterocycles. The number of carboxylic acid groups (broad SMARTS) is 1. The van der Waals surface area contributed by atoms with E-state index in [1.807, 2.05) is 0 Å². The molecule has 0 aliphatic heterocycles. The first-order valence-corrected chi connectivity index (χ1v) is 9.99. The van der Waals surface area contributed by atoms with Gasteiger partial charge in [-0.2, -0.15) is 0 Å². The number of unbranched alkanes of at least 4 members (excludes halogenated alkanes) is 16. The van der Waals surface area contributed by atoms with Gasteiger partial charge >= 0.3 is 5.97 Å². The summed E-state index contributed by atoms with van der Waals surface area (Å²) in [6, 6.07) is 0. The van der Waals surface area contributed by atoms with Crippen molar-refractivity contribution in [1.29, 1.82) is 0 Å². The van der Waals surface area contributed by atoms with E-state index in [4.69, 9.17) is 5.11 Å². The number of hydrogen-bond donors (Lipinski definition) is 1. The standard InChI is InChI=1S/C20H40O2.Y/c1-2-3-4-5-6-7-8-9-10-11-12-13-14-15-16-17-18-19-20(21)22;/h2-19H2,1H3,(H,21,22);. The normalized spacial score (nSPS) is 10.5. The zero-order chi connectivity index (χ0) is 16.3. The fourth-order valence-electron chi connectivity index (χ4n) is 3.00. The maximum atomic E-state index is 10.4. The van der Waals surface area contributed by atoms with Gasteiger partial charge in [0.1, 0.15) is 0 Å². The molecule has 1 radical (unpaired) electrons. The van der Waals surface area contributed by atoms with Crippen molar-refractivity contribution in [1.82, 2.24) is 0 Å². The summed E-state index contributed by atoms with van der Waals surface area (Å²) in [5.41, 5.74) is 0. The predicted molar refractivity (Wildman–Crippen MR) is 96.4 cm³/mol. The molecule has 0 atom stereocenters. The average Bonchev–Trinajstić information content (AvgIpc) is 2.50. The van der Waals surface area contributed by atoms with E-state index in [-0.39, 0.29) is 32.7 Å². The van der Waals surface area contributed by atoms with E-state index in [1.54, 1.807) is 0 Å². The van der Waals surface area contributed by atoms with Crippen LogP contribution in [-0.4, -0.2) is 11.1 Å². The van der Waals surface area contributed by atoms with Crippen molar-refractivity contribution in [2.24, 2.45) is 0 Å². The summed E-state index contributed by atoms with van der Waals surface area (Å²) in [5, 5.41) is 8.54. The van der Waals surface area contributed by atoms with Crippen LogP contribution < -0.4 is 0 Å². The molecule has 0 aromatic heterocycles. The third-order valence-corrected chi connectivity index (χ3v) is 4.49. The first-order valence-electron chi connectivity index (χ1n) is 9.99. The molecule has 0 unspecified atom stereocenters. The van der Waals surface area contributed by atoms with Crippen molar-refractivity contribution in [2.45, 2.75) is 122 Å². The number of aliphatic carboxylic acids is 1. The largest absolute Gasteiger partial charge is 0.481 e. The molecular formula is C20H40O2Y. The fraction of sp³-hybridized carbons (Fsp3) is 0.950. The zero-order valence-corrected chi connectivity index (χ0v) is 18.5. The van der Waals surface area contributed by atoms with Gasteiger partial charge in [0, 0.05) is 39.1 Å². The Kier molecular flexibility index (Phi) is 25.3. The van der Waals surface area contributed by atoms with Crippen LogP contribution in [0.2, 0.25) is 0 Å². The van der Waals surface area contributed by atoms with E-state index in [0.717, 1.165) is 12.8 Å². The van der Waals surface area contributed by atoms with Crippen LogP contribution >= 0.6 is 0 Å². The summed E-state index contributed by atoms with van der Waals surface area (Å²) >= 11 is 0. The van der Waals surface area contributed by atoms with Gasteiger partial charge in [-0.15, -0.1) is 0 Å². The van der Waals surface area contributed by atoms with E-state index >= 15 is 0 Å². The third kappa shape index (κ3) is 24.9. The van der Waals surface area contributed by atoms with E-state index in [1.165, 1.54) is 96.3 Å². The fourth-order valence-corrected chi connectivity index (χ4v) is 3.00. The van der Waals surface area contributed by atoms with Gasteiger partial charge in [0.15, 0.2) is 0 Å². The molecular weight excluding hydrogens is 361 g/mol. The molecule has 0 aromatic rings. The molecule has 0 spiro atoms. The second-order valence-corrected chi connectivity index (χ2v) is 6.80. The molecule has 0 saturated carbocycles.